The molecule has 112 valence electrons. The summed E-state index contributed by atoms with van der Waals surface area (Å²) in [6.07, 6.45) is 2.58. The van der Waals surface area contributed by atoms with Crippen LogP contribution in [0.3, 0.4) is 0 Å². The summed E-state index contributed by atoms with van der Waals surface area (Å²) in [7, 11) is 0. The van der Waals surface area contributed by atoms with Crippen molar-refractivity contribution in [3.63, 3.8) is 0 Å². The van der Waals surface area contributed by atoms with Crippen LogP contribution in [0.15, 0.2) is 24.3 Å². The van der Waals surface area contributed by atoms with Gasteiger partial charge in [-0.3, -0.25) is 4.90 Å². The minimum absolute atomic E-state index is 0.692. The Bertz CT molecular complexity index is 392. The second-order valence-electron chi connectivity index (χ2n) is 5.37. The molecule has 0 spiro atoms. The van der Waals surface area contributed by atoms with Crippen LogP contribution >= 0.6 is 11.6 Å². The van der Waals surface area contributed by atoms with E-state index < -0.39 is 0 Å². The molecule has 0 atom stereocenters. The van der Waals surface area contributed by atoms with Crippen LogP contribution in [0.1, 0.15) is 19.8 Å². The summed E-state index contributed by atoms with van der Waals surface area (Å²) in [6.45, 7) is 8.47. The molecule has 0 amide bonds. The number of hydrogen-bond acceptors (Lipinski definition) is 3. The first-order valence-corrected chi connectivity index (χ1v) is 7.97. The molecule has 1 N–H and O–H groups in total. The van der Waals surface area contributed by atoms with Crippen molar-refractivity contribution in [3.05, 3.63) is 29.3 Å². The smallest absolute Gasteiger partial charge is 0.137 e. The van der Waals surface area contributed by atoms with E-state index in [-0.39, 0.29) is 0 Å². The molecule has 1 heterocycles. The van der Waals surface area contributed by atoms with E-state index in [1.807, 2.05) is 24.3 Å². The van der Waals surface area contributed by atoms with Gasteiger partial charge in [0.05, 0.1) is 5.02 Å². The lowest BCUT2D eigenvalue weighted by Crippen LogP contribution is -2.39. The van der Waals surface area contributed by atoms with Gasteiger partial charge in [-0.15, -0.1) is 0 Å². The summed E-state index contributed by atoms with van der Waals surface area (Å²) in [6, 6.07) is 7.66. The van der Waals surface area contributed by atoms with Gasteiger partial charge < -0.3 is 10.1 Å². The first kappa shape index (κ1) is 15.6. The van der Waals surface area contributed by atoms with E-state index >= 15 is 0 Å². The van der Waals surface area contributed by atoms with Crippen molar-refractivity contribution in [1.29, 1.82) is 0 Å². The summed E-state index contributed by atoms with van der Waals surface area (Å²) < 4.78 is 5.75. The standard InChI is InChI=1S/C16H25ClN2O/c1-2-18-13-14-7-9-19(10-8-14)11-12-20-16-6-4-3-5-15(16)17/h3-6,14,18H,2,7-13H2,1H3. The highest BCUT2D eigenvalue weighted by Gasteiger charge is 2.18. The lowest BCUT2D eigenvalue weighted by atomic mass is 9.97. The van der Waals surface area contributed by atoms with Gasteiger partial charge in [0.15, 0.2) is 0 Å². The number of piperidine rings is 1. The molecule has 0 bridgehead atoms. The highest BCUT2D eigenvalue weighted by Crippen LogP contribution is 2.23. The number of benzene rings is 1. The zero-order chi connectivity index (χ0) is 14.2. The molecular weight excluding hydrogens is 272 g/mol. The Kier molecular flexibility index (Phi) is 6.64. The number of nitrogens with one attached hydrogen (secondary N) is 1. The van der Waals surface area contributed by atoms with E-state index in [9.17, 15) is 0 Å². The van der Waals surface area contributed by atoms with Gasteiger partial charge in [-0.25, -0.2) is 0 Å². The molecule has 1 aromatic carbocycles. The van der Waals surface area contributed by atoms with E-state index in [0.29, 0.717) is 11.6 Å². The molecule has 2 rings (SSSR count). The third-order valence-corrected chi connectivity index (χ3v) is 4.20. The Hall–Kier alpha value is -0.770. The van der Waals surface area contributed by atoms with Crippen LogP contribution < -0.4 is 10.1 Å². The van der Waals surface area contributed by atoms with Gasteiger partial charge in [0.1, 0.15) is 12.4 Å². The molecule has 0 unspecified atom stereocenters. The molecule has 1 saturated heterocycles. The van der Waals surface area contributed by atoms with Gasteiger partial charge in [0.25, 0.3) is 0 Å². The average molecular weight is 297 g/mol. The monoisotopic (exact) mass is 296 g/mol. The van der Waals surface area contributed by atoms with E-state index in [4.69, 9.17) is 16.3 Å². The zero-order valence-corrected chi connectivity index (χ0v) is 13.0. The van der Waals surface area contributed by atoms with Gasteiger partial charge in [-0.2, -0.15) is 0 Å². The van der Waals surface area contributed by atoms with Gasteiger partial charge in [0, 0.05) is 6.54 Å². The first-order valence-electron chi connectivity index (χ1n) is 7.60. The first-order chi connectivity index (χ1) is 9.79. The third-order valence-electron chi connectivity index (χ3n) is 3.89. The van der Waals surface area contributed by atoms with Crippen LogP contribution in [-0.4, -0.2) is 44.2 Å². The molecule has 4 heteroatoms. The lowest BCUT2D eigenvalue weighted by Gasteiger charge is -2.31. The van der Waals surface area contributed by atoms with Crippen LogP contribution in [0.2, 0.25) is 5.02 Å². The maximum absolute atomic E-state index is 6.07. The Balaban J connectivity index is 1.63. The largest absolute Gasteiger partial charge is 0.491 e. The second-order valence-corrected chi connectivity index (χ2v) is 5.78. The molecule has 0 aromatic heterocycles. The molecule has 1 aliphatic heterocycles. The molecule has 20 heavy (non-hydrogen) atoms. The highest BCUT2D eigenvalue weighted by molar-refractivity contribution is 6.32. The van der Waals surface area contributed by atoms with Crippen molar-refractivity contribution in [2.45, 2.75) is 19.8 Å². The Morgan fingerprint density at radius 3 is 2.75 bits per heavy atom. The van der Waals surface area contributed by atoms with E-state index in [0.717, 1.165) is 24.8 Å². The zero-order valence-electron chi connectivity index (χ0n) is 12.3. The molecule has 3 nitrogen and oxygen atoms in total. The Morgan fingerprint density at radius 2 is 2.05 bits per heavy atom. The van der Waals surface area contributed by atoms with Gasteiger partial charge in [-0.1, -0.05) is 30.7 Å². The molecule has 1 aromatic rings. The lowest BCUT2D eigenvalue weighted by molar-refractivity contribution is 0.154. The SMILES string of the molecule is CCNCC1CCN(CCOc2ccccc2Cl)CC1. The van der Waals surface area contributed by atoms with Gasteiger partial charge in [-0.05, 0) is 57.1 Å². The maximum atomic E-state index is 6.07. The molecule has 1 fully saturated rings. The number of likely N-dealkylation sites (tertiary alicyclic amines) is 1. The van der Waals surface area contributed by atoms with E-state index in [2.05, 4.69) is 17.1 Å². The summed E-state index contributed by atoms with van der Waals surface area (Å²) in [5.74, 6) is 1.63. The maximum Gasteiger partial charge on any atom is 0.137 e. The molecule has 0 saturated carbocycles. The predicted molar refractivity (Wildman–Crippen MR) is 84.7 cm³/mol. The van der Waals surface area contributed by atoms with Gasteiger partial charge >= 0.3 is 0 Å². The number of halogens is 1. The van der Waals surface area contributed by atoms with Crippen molar-refractivity contribution >= 4 is 11.6 Å². The van der Waals surface area contributed by atoms with E-state index in [1.165, 1.54) is 32.5 Å². The molecular formula is C16H25ClN2O. The minimum atomic E-state index is 0.692. The van der Waals surface area contributed by atoms with Crippen LogP contribution in [-0.2, 0) is 0 Å². The van der Waals surface area contributed by atoms with Crippen LogP contribution in [0.25, 0.3) is 0 Å². The fourth-order valence-electron chi connectivity index (χ4n) is 2.61. The minimum Gasteiger partial charge on any atom is -0.491 e. The highest BCUT2D eigenvalue weighted by atomic mass is 35.5. The fourth-order valence-corrected chi connectivity index (χ4v) is 2.80. The normalized spacial score (nSPS) is 17.3. The van der Waals surface area contributed by atoms with Crippen molar-refractivity contribution < 1.29 is 4.74 Å². The van der Waals surface area contributed by atoms with Crippen LogP contribution in [0.4, 0.5) is 0 Å². The molecule has 0 radical (unpaired) electrons. The van der Waals surface area contributed by atoms with Crippen molar-refractivity contribution in [2.75, 3.05) is 39.3 Å². The average Bonchev–Trinajstić information content (AvgIpc) is 2.48. The van der Waals surface area contributed by atoms with Gasteiger partial charge in [0.2, 0.25) is 0 Å². The molecule has 0 aliphatic carbocycles. The summed E-state index contributed by atoms with van der Waals surface area (Å²) >= 11 is 6.07. The van der Waals surface area contributed by atoms with Crippen molar-refractivity contribution in [2.24, 2.45) is 5.92 Å². The number of hydrogen-bond donors (Lipinski definition) is 1. The number of para-hydroxylation sites is 1. The topological polar surface area (TPSA) is 24.5 Å². The second kappa shape index (κ2) is 8.50. The van der Waals surface area contributed by atoms with Crippen molar-refractivity contribution in [3.8, 4) is 5.75 Å². The van der Waals surface area contributed by atoms with Crippen LogP contribution in [0, 0.1) is 5.92 Å². The Morgan fingerprint density at radius 1 is 1.30 bits per heavy atom. The summed E-state index contributed by atoms with van der Waals surface area (Å²) in [4.78, 5) is 2.49. The number of rotatable bonds is 7. The predicted octanol–water partition coefficient (Wildman–Crippen LogP) is 3.04. The summed E-state index contributed by atoms with van der Waals surface area (Å²) in [5, 5.41) is 4.14. The van der Waals surface area contributed by atoms with Crippen molar-refractivity contribution in [1.82, 2.24) is 10.2 Å². The Labute approximate surface area is 127 Å². The third kappa shape index (κ3) is 4.97. The van der Waals surface area contributed by atoms with Crippen LogP contribution in [0.5, 0.6) is 5.75 Å². The number of ether oxygens (including phenoxy) is 1. The molecule has 1 aliphatic rings. The van der Waals surface area contributed by atoms with E-state index in [1.54, 1.807) is 0 Å². The fraction of sp³-hybridized carbons (Fsp3) is 0.625. The number of nitrogens with zero attached hydrogens (tertiary/aromatic N) is 1. The quantitative estimate of drug-likeness (QED) is 0.837. The summed E-state index contributed by atoms with van der Waals surface area (Å²) in [5.41, 5.74) is 0.